The largest absolute Gasteiger partial charge is 2.00 e. The van der Waals surface area contributed by atoms with Crippen LogP contribution in [0.15, 0.2) is 4.90 Å². The van der Waals surface area contributed by atoms with E-state index in [1.54, 1.807) is 0 Å². The molecule has 0 amide bonds. The molecule has 0 aliphatic carbocycles. The van der Waals surface area contributed by atoms with Gasteiger partial charge < -0.3 is 17.0 Å². The maximum atomic E-state index is 12.6. The molecule has 0 radical (unpaired) electrons. The van der Waals surface area contributed by atoms with Crippen LogP contribution >= 0.6 is 0 Å². The van der Waals surface area contributed by atoms with Gasteiger partial charge in [0.25, 0.3) is 0 Å². The van der Waals surface area contributed by atoms with E-state index in [1.165, 1.54) is 0 Å². The molecule has 17 heavy (non-hydrogen) atoms. The molecule has 0 N–H and O–H groups in total. The molecule has 3 nitrogen and oxygen atoms in total. The van der Waals surface area contributed by atoms with Crippen LogP contribution in [0.4, 0.5) is 22.0 Å². The van der Waals surface area contributed by atoms with E-state index in [0.29, 0.717) is 0 Å². The monoisotopic (exact) mass is 306 g/mol. The Kier molecular flexibility index (Phi) is 6.92. The summed E-state index contributed by atoms with van der Waals surface area (Å²) >= 11 is 0. The van der Waals surface area contributed by atoms with Crippen LogP contribution in [0.1, 0.15) is 0 Å². The zero-order valence-electron chi connectivity index (χ0n) is 7.61. The van der Waals surface area contributed by atoms with Crippen LogP contribution in [-0.4, -0.2) is 36.0 Å². The summed E-state index contributed by atoms with van der Waals surface area (Å²) in [5.41, 5.74) is 0. The Hall–Kier alpha value is -0.164. The van der Waals surface area contributed by atoms with Crippen molar-refractivity contribution >= 4 is 33.2 Å². The summed E-state index contributed by atoms with van der Waals surface area (Å²) in [4.78, 5) is -2.38. The van der Waals surface area contributed by atoms with Gasteiger partial charge in [-0.2, -0.15) is 0 Å². The first kappa shape index (κ1) is 19.2. The smallest absolute Gasteiger partial charge is 1.00 e. The van der Waals surface area contributed by atoms with E-state index in [0.717, 1.165) is 0 Å². The Bertz CT molecular complexity index is 506. The van der Waals surface area contributed by atoms with Gasteiger partial charge in [0.15, 0.2) is 23.3 Å². The molecule has 92 valence electrons. The predicted molar refractivity (Wildman–Crippen MR) is 39.9 cm³/mol. The van der Waals surface area contributed by atoms with E-state index in [-0.39, 0.29) is 35.5 Å². The van der Waals surface area contributed by atoms with Crippen molar-refractivity contribution in [3.63, 3.8) is 0 Å². The van der Waals surface area contributed by atoms with Crippen LogP contribution in [0.5, 0.6) is 0 Å². The van der Waals surface area contributed by atoms with Gasteiger partial charge in [-0.05, 0) is 0 Å². The first-order valence-electron chi connectivity index (χ1n) is 3.15. The van der Waals surface area contributed by atoms with Crippen LogP contribution in [0, 0.1) is 29.1 Å². The van der Waals surface area contributed by atoms with Crippen molar-refractivity contribution in [3.05, 3.63) is 29.1 Å². The Labute approximate surface area is 114 Å². The number of rotatable bonds is 1. The van der Waals surface area contributed by atoms with Crippen molar-refractivity contribution in [2.24, 2.45) is 0 Å². The molecule has 0 unspecified atom stereocenters. The van der Waals surface area contributed by atoms with Gasteiger partial charge >= 0.3 is 23.1 Å². The number of halogens is 6. The van der Waals surface area contributed by atoms with Crippen LogP contribution in [0.2, 0.25) is 0 Å². The van der Waals surface area contributed by atoms with E-state index < -0.39 is 44.1 Å². The van der Waals surface area contributed by atoms with Crippen LogP contribution in [-0.2, 0) is 10.1 Å². The Morgan fingerprint density at radius 1 is 0.765 bits per heavy atom. The fourth-order valence-corrected chi connectivity index (χ4v) is 1.42. The zero-order chi connectivity index (χ0) is 12.0. The first-order valence-corrected chi connectivity index (χ1v) is 4.56. The van der Waals surface area contributed by atoms with Crippen molar-refractivity contribution in [3.8, 4) is 0 Å². The summed E-state index contributed by atoms with van der Waals surface area (Å²) in [6, 6.07) is 0. The fourth-order valence-electron chi connectivity index (χ4n) is 0.804. The van der Waals surface area contributed by atoms with E-state index >= 15 is 0 Å². The molecule has 1 aromatic carbocycles. The van der Waals surface area contributed by atoms with Crippen molar-refractivity contribution in [2.75, 3.05) is 0 Å². The van der Waals surface area contributed by atoms with Gasteiger partial charge in [0.05, 0.1) is 0 Å². The molecule has 0 saturated carbocycles. The van der Waals surface area contributed by atoms with Crippen molar-refractivity contribution in [1.29, 1.82) is 0 Å². The van der Waals surface area contributed by atoms with E-state index in [1.807, 2.05) is 0 Å². The number of hydrogen-bond donors (Lipinski definition) is 0. The van der Waals surface area contributed by atoms with Crippen molar-refractivity contribution in [2.45, 2.75) is 4.90 Å². The Morgan fingerprint density at radius 2 is 1.00 bits per heavy atom. The average molecular weight is 307 g/mol. The molecule has 0 aliphatic rings. The minimum absolute atomic E-state index is 0. The Morgan fingerprint density at radius 3 is 1.24 bits per heavy atom. The molecule has 1 rings (SSSR count). The van der Waals surface area contributed by atoms with E-state index in [4.69, 9.17) is 0 Å². The molecule has 1 aromatic rings. The summed E-state index contributed by atoms with van der Waals surface area (Å²) in [6.07, 6.45) is 0. The third kappa shape index (κ3) is 3.41. The summed E-state index contributed by atoms with van der Waals surface area (Å²) in [5.74, 6) is -12.8. The quantitative estimate of drug-likeness (QED) is 0.197. The second-order valence-corrected chi connectivity index (χ2v) is 3.67. The van der Waals surface area contributed by atoms with Crippen molar-refractivity contribution < 1.29 is 47.3 Å². The fraction of sp³-hybridized carbons (Fsp3) is 0. The summed E-state index contributed by atoms with van der Waals surface area (Å²) in [6.45, 7) is 0. The first-order chi connectivity index (χ1) is 6.68. The van der Waals surface area contributed by atoms with Gasteiger partial charge in [-0.25, -0.2) is 30.4 Å². The van der Waals surface area contributed by atoms with E-state index in [9.17, 15) is 34.9 Å². The molecule has 0 spiro atoms. The normalized spacial score (nSPS) is 10.5. The molecule has 0 fully saturated rings. The minimum atomic E-state index is -5.77. The van der Waals surface area contributed by atoms with Crippen LogP contribution in [0.25, 0.3) is 0 Å². The summed E-state index contributed by atoms with van der Waals surface area (Å²) in [7, 11) is -5.77. The molecule has 0 aliphatic heterocycles. The molecule has 0 atom stereocenters. The summed E-state index contributed by atoms with van der Waals surface area (Å²) < 4.78 is 92.9. The molecular formula is C6ClF5MgO3S. The van der Waals surface area contributed by atoms with Gasteiger partial charge in [-0.1, -0.05) is 0 Å². The second kappa shape index (κ2) is 6.14. The maximum absolute atomic E-state index is 12.6. The molecule has 0 heterocycles. The SMILES string of the molecule is O=S(=O)([O-])c1c(F)c(F)c(F)c(F)c1F.[Cl-].[Mg+2]. The summed E-state index contributed by atoms with van der Waals surface area (Å²) in [5, 5.41) is 0. The van der Waals surface area contributed by atoms with Gasteiger partial charge in [-0.15, -0.1) is 0 Å². The zero-order valence-corrected chi connectivity index (χ0v) is 10.6. The van der Waals surface area contributed by atoms with Crippen LogP contribution in [0.3, 0.4) is 0 Å². The third-order valence-electron chi connectivity index (χ3n) is 1.42. The van der Waals surface area contributed by atoms with E-state index in [2.05, 4.69) is 0 Å². The molecule has 11 heteroatoms. The predicted octanol–water partition coefficient (Wildman–Crippen LogP) is -2.09. The average Bonchev–Trinajstić information content (AvgIpc) is 2.09. The standard InChI is InChI=1S/C6HF5O3S.ClH.Mg/c7-1-2(8)4(10)6(15(12,13)14)5(11)3(1)9;;/h(H,12,13,14);1H;/q;;+2/p-2. The van der Waals surface area contributed by atoms with Gasteiger partial charge in [0, 0.05) is 0 Å². The number of hydrogen-bond acceptors (Lipinski definition) is 3. The topological polar surface area (TPSA) is 57.2 Å². The molecule has 0 bridgehead atoms. The number of benzene rings is 1. The van der Waals surface area contributed by atoms with Gasteiger partial charge in [-0.3, -0.25) is 0 Å². The molecule has 0 aromatic heterocycles. The van der Waals surface area contributed by atoms with Gasteiger partial charge in [0.1, 0.15) is 15.0 Å². The van der Waals surface area contributed by atoms with Gasteiger partial charge in [0.2, 0.25) is 5.82 Å². The van der Waals surface area contributed by atoms with Crippen molar-refractivity contribution in [1.82, 2.24) is 0 Å². The third-order valence-corrected chi connectivity index (χ3v) is 2.28. The maximum Gasteiger partial charge on any atom is 2.00 e. The second-order valence-electron chi connectivity index (χ2n) is 2.35. The minimum Gasteiger partial charge on any atom is -1.00 e. The van der Waals surface area contributed by atoms with Crippen LogP contribution < -0.4 is 12.4 Å². The Balaban J connectivity index is 0. The molecule has 0 saturated heterocycles. The molecular weight excluding hydrogens is 307 g/mol.